The van der Waals surface area contributed by atoms with Crippen molar-refractivity contribution < 1.29 is 27.5 Å². The lowest BCUT2D eigenvalue weighted by Crippen LogP contribution is -2.53. The third-order valence-corrected chi connectivity index (χ3v) is 8.96. The minimum Gasteiger partial charge on any atom is -0.497 e. The first-order valence-corrected chi connectivity index (χ1v) is 15.5. The second-order valence-corrected chi connectivity index (χ2v) is 12.0. The highest BCUT2D eigenvalue weighted by Gasteiger charge is 2.35. The normalized spacial score (nSPS) is 12.6. The van der Waals surface area contributed by atoms with E-state index < -0.39 is 28.5 Å². The van der Waals surface area contributed by atoms with Gasteiger partial charge in [0.1, 0.15) is 24.1 Å². The van der Waals surface area contributed by atoms with Crippen molar-refractivity contribution in [2.24, 2.45) is 0 Å². The summed E-state index contributed by atoms with van der Waals surface area (Å²) in [4.78, 5) is 29.0. The number of ether oxygens (including phenoxy) is 2. The lowest BCUT2D eigenvalue weighted by atomic mass is 10.1. The molecule has 3 aromatic carbocycles. The van der Waals surface area contributed by atoms with Crippen molar-refractivity contribution in [3.05, 3.63) is 83.4 Å². The van der Waals surface area contributed by atoms with E-state index in [0.29, 0.717) is 17.2 Å². The lowest BCUT2D eigenvalue weighted by molar-refractivity contribution is -0.140. The first-order valence-electron chi connectivity index (χ1n) is 13.7. The molecule has 0 aromatic heterocycles. The van der Waals surface area contributed by atoms with Crippen LogP contribution in [-0.2, 0) is 26.2 Å². The van der Waals surface area contributed by atoms with Crippen molar-refractivity contribution in [2.45, 2.75) is 57.1 Å². The topological polar surface area (TPSA) is 105 Å². The summed E-state index contributed by atoms with van der Waals surface area (Å²) in [5.41, 5.74) is 0.928. The summed E-state index contributed by atoms with van der Waals surface area (Å²) in [6, 6.07) is 18.5. The molecule has 0 saturated heterocycles. The van der Waals surface area contributed by atoms with Crippen molar-refractivity contribution in [3.8, 4) is 11.5 Å². The van der Waals surface area contributed by atoms with Crippen LogP contribution in [0.2, 0.25) is 5.02 Å². The zero-order valence-corrected chi connectivity index (χ0v) is 26.1. The fourth-order valence-corrected chi connectivity index (χ4v) is 5.92. The summed E-state index contributed by atoms with van der Waals surface area (Å²) >= 11 is 6.08. The van der Waals surface area contributed by atoms with Gasteiger partial charge < -0.3 is 19.7 Å². The van der Waals surface area contributed by atoms with Crippen LogP contribution in [0.5, 0.6) is 11.5 Å². The average molecular weight is 616 g/mol. The van der Waals surface area contributed by atoms with E-state index in [-0.39, 0.29) is 34.8 Å². The summed E-state index contributed by atoms with van der Waals surface area (Å²) in [6.07, 6.45) is 1.04. The van der Waals surface area contributed by atoms with Crippen LogP contribution in [0.3, 0.4) is 0 Å². The third-order valence-electron chi connectivity index (χ3n) is 6.93. The number of halogens is 1. The number of rotatable bonds is 14. The molecule has 0 aliphatic carbocycles. The molecule has 11 heteroatoms. The Morgan fingerprint density at radius 1 is 0.905 bits per heavy atom. The molecule has 3 rings (SSSR count). The third kappa shape index (κ3) is 7.95. The number of benzene rings is 3. The summed E-state index contributed by atoms with van der Waals surface area (Å²) in [5.74, 6) is -0.107. The van der Waals surface area contributed by atoms with Gasteiger partial charge in [0.25, 0.3) is 10.0 Å². The van der Waals surface area contributed by atoms with E-state index >= 15 is 0 Å². The monoisotopic (exact) mass is 615 g/mol. The highest BCUT2D eigenvalue weighted by atomic mass is 35.5. The van der Waals surface area contributed by atoms with Crippen LogP contribution in [0, 0.1) is 0 Å². The maximum Gasteiger partial charge on any atom is 0.264 e. The Balaban J connectivity index is 2.09. The van der Waals surface area contributed by atoms with E-state index in [2.05, 4.69) is 5.32 Å². The van der Waals surface area contributed by atoms with Crippen LogP contribution in [0.15, 0.2) is 77.7 Å². The summed E-state index contributed by atoms with van der Waals surface area (Å²) in [6.45, 7) is 5.16. The van der Waals surface area contributed by atoms with Crippen molar-refractivity contribution in [1.82, 2.24) is 10.2 Å². The van der Waals surface area contributed by atoms with Crippen molar-refractivity contribution >= 4 is 39.1 Å². The Morgan fingerprint density at radius 2 is 1.55 bits per heavy atom. The highest BCUT2D eigenvalue weighted by molar-refractivity contribution is 7.92. The number of nitrogens with zero attached hydrogens (tertiary/aromatic N) is 2. The average Bonchev–Trinajstić information content (AvgIpc) is 3.00. The Morgan fingerprint density at radius 3 is 2.12 bits per heavy atom. The van der Waals surface area contributed by atoms with Gasteiger partial charge in [0, 0.05) is 17.6 Å². The van der Waals surface area contributed by atoms with Gasteiger partial charge in [0.2, 0.25) is 11.8 Å². The second kappa shape index (κ2) is 14.9. The summed E-state index contributed by atoms with van der Waals surface area (Å²) in [7, 11) is -1.35. The number of anilines is 1. The van der Waals surface area contributed by atoms with E-state index in [0.717, 1.165) is 16.3 Å². The molecule has 0 bridgehead atoms. The quantitative estimate of drug-likeness (QED) is 0.265. The number of hydrogen-bond donors (Lipinski definition) is 1. The predicted molar refractivity (Wildman–Crippen MR) is 164 cm³/mol. The van der Waals surface area contributed by atoms with E-state index in [1.165, 1.54) is 43.4 Å². The zero-order valence-electron chi connectivity index (χ0n) is 24.5. The molecular formula is C31H38ClN3O6S. The largest absolute Gasteiger partial charge is 0.497 e. The van der Waals surface area contributed by atoms with E-state index in [9.17, 15) is 18.0 Å². The smallest absolute Gasteiger partial charge is 0.264 e. The molecule has 0 heterocycles. The fourth-order valence-electron chi connectivity index (χ4n) is 4.37. The molecule has 3 aromatic rings. The van der Waals surface area contributed by atoms with E-state index in [1.54, 1.807) is 48.5 Å². The number of sulfonamides is 1. The molecule has 2 atom stereocenters. The molecule has 0 radical (unpaired) electrons. The van der Waals surface area contributed by atoms with Crippen LogP contribution >= 0.6 is 11.6 Å². The molecule has 42 heavy (non-hydrogen) atoms. The number of hydrogen-bond acceptors (Lipinski definition) is 6. The van der Waals surface area contributed by atoms with Crippen LogP contribution in [0.1, 0.15) is 39.2 Å². The van der Waals surface area contributed by atoms with Gasteiger partial charge in [-0.3, -0.25) is 13.9 Å². The number of methoxy groups -OCH3 is 2. The molecule has 0 aliphatic heterocycles. The van der Waals surface area contributed by atoms with Crippen LogP contribution < -0.4 is 19.1 Å². The summed E-state index contributed by atoms with van der Waals surface area (Å²) in [5, 5.41) is 3.50. The van der Waals surface area contributed by atoms with Crippen molar-refractivity contribution in [1.29, 1.82) is 0 Å². The molecule has 9 nitrogen and oxygen atoms in total. The first kappa shape index (κ1) is 32.8. The van der Waals surface area contributed by atoms with Gasteiger partial charge in [-0.2, -0.15) is 0 Å². The molecule has 0 aliphatic rings. The minimum absolute atomic E-state index is 0.0344. The first-order chi connectivity index (χ1) is 20.0. The zero-order chi connectivity index (χ0) is 30.9. The van der Waals surface area contributed by atoms with Crippen molar-refractivity contribution in [2.75, 3.05) is 25.1 Å². The van der Waals surface area contributed by atoms with E-state index in [4.69, 9.17) is 21.1 Å². The fraction of sp³-hybridized carbons (Fsp3) is 0.355. The standard InChI is InChI=1S/C31H38ClN3O6S/c1-6-22(3)33-31(37)27(7-2)34(20-23-12-14-24(32)15-13-23)30(36)21-35(28-10-8-9-11-29(28)41-5)42(38,39)26-18-16-25(40-4)17-19-26/h8-19,22,27H,6-7,20-21H2,1-5H3,(H,33,37)/t22-,27-/m1/s1. The van der Waals surface area contributed by atoms with Gasteiger partial charge in [0.15, 0.2) is 0 Å². The van der Waals surface area contributed by atoms with Crippen LogP contribution in [-0.4, -0.2) is 58.0 Å². The number of para-hydroxylation sites is 2. The van der Waals surface area contributed by atoms with E-state index in [1.807, 2.05) is 20.8 Å². The SMILES string of the molecule is CC[C@@H](C)NC(=O)[C@@H](CC)N(Cc1ccc(Cl)cc1)C(=O)CN(c1ccccc1OC)S(=O)(=O)c1ccc(OC)cc1. The van der Waals surface area contributed by atoms with Gasteiger partial charge >= 0.3 is 0 Å². The molecule has 0 spiro atoms. The van der Waals surface area contributed by atoms with Crippen molar-refractivity contribution in [3.63, 3.8) is 0 Å². The molecule has 0 unspecified atom stereocenters. The highest BCUT2D eigenvalue weighted by Crippen LogP contribution is 2.33. The Hall–Kier alpha value is -3.76. The number of carbonyl (C=O) groups is 2. The Labute approximate surface area is 253 Å². The lowest BCUT2D eigenvalue weighted by Gasteiger charge is -2.34. The molecule has 0 saturated carbocycles. The molecule has 0 fully saturated rings. The van der Waals surface area contributed by atoms with Gasteiger partial charge in [-0.05, 0) is 73.9 Å². The molecule has 226 valence electrons. The number of amides is 2. The number of carbonyl (C=O) groups excluding carboxylic acids is 2. The number of nitrogens with one attached hydrogen (secondary N) is 1. The Kier molecular flexibility index (Phi) is 11.6. The Bertz CT molecular complexity index is 1450. The molecular weight excluding hydrogens is 578 g/mol. The molecule has 2 amide bonds. The maximum absolute atomic E-state index is 14.2. The molecule has 1 N–H and O–H groups in total. The van der Waals surface area contributed by atoms with Gasteiger partial charge in [-0.1, -0.05) is 49.7 Å². The minimum atomic E-state index is -4.26. The maximum atomic E-state index is 14.2. The van der Waals surface area contributed by atoms with Gasteiger partial charge in [-0.25, -0.2) is 8.42 Å². The van der Waals surface area contributed by atoms with Crippen LogP contribution in [0.4, 0.5) is 5.69 Å². The van der Waals surface area contributed by atoms with Crippen LogP contribution in [0.25, 0.3) is 0 Å². The predicted octanol–water partition coefficient (Wildman–Crippen LogP) is 5.27. The summed E-state index contributed by atoms with van der Waals surface area (Å²) < 4.78 is 39.8. The van der Waals surface area contributed by atoms with Gasteiger partial charge in [0.05, 0.1) is 24.8 Å². The second-order valence-electron chi connectivity index (χ2n) is 9.75. The van der Waals surface area contributed by atoms with Gasteiger partial charge in [-0.15, -0.1) is 0 Å².